The molecule has 208 valence electrons. The topological polar surface area (TPSA) is 80.9 Å². The van der Waals surface area contributed by atoms with Gasteiger partial charge in [0.15, 0.2) is 0 Å². The van der Waals surface area contributed by atoms with Gasteiger partial charge in [0.25, 0.3) is 0 Å². The summed E-state index contributed by atoms with van der Waals surface area (Å²) in [5.41, 5.74) is -0.0221. The first-order valence-electron chi connectivity index (χ1n) is 13.5. The predicted molar refractivity (Wildman–Crippen MR) is 154 cm³/mol. The van der Waals surface area contributed by atoms with Crippen LogP contribution in [0.2, 0.25) is 0 Å². The molecule has 0 unspecified atom stereocenters. The molecule has 0 aromatic heterocycles. The fraction of sp³-hybridized carbons (Fsp3) is 0.636. The number of rotatable bonds is 6. The maximum absolute atomic E-state index is 13.6. The van der Waals surface area contributed by atoms with E-state index in [1.807, 2.05) is 36.4 Å². The smallest absolute Gasteiger partial charge is 0.128 e. The first kappa shape index (κ1) is 31.5. The second kappa shape index (κ2) is 10.1. The fourth-order valence-electron chi connectivity index (χ4n) is 5.53. The molecule has 2 rings (SSSR count). The fourth-order valence-corrected chi connectivity index (χ4v) is 5.53. The van der Waals surface area contributed by atoms with Gasteiger partial charge in [0.1, 0.15) is 5.60 Å². The Balaban J connectivity index is 3.48. The average molecular weight is 513 g/mol. The van der Waals surface area contributed by atoms with Crippen molar-refractivity contribution in [3.05, 3.63) is 69.8 Å². The van der Waals surface area contributed by atoms with E-state index in [4.69, 9.17) is 0 Å². The van der Waals surface area contributed by atoms with Crippen LogP contribution in [-0.4, -0.2) is 40.2 Å². The summed E-state index contributed by atoms with van der Waals surface area (Å²) in [4.78, 5) is 0. The van der Waals surface area contributed by atoms with E-state index >= 15 is 0 Å². The summed E-state index contributed by atoms with van der Waals surface area (Å²) in [7, 11) is 0. The highest BCUT2D eigenvalue weighted by Crippen LogP contribution is 2.55. The van der Waals surface area contributed by atoms with Crippen LogP contribution in [0.25, 0.3) is 0 Å². The molecule has 0 spiro atoms. The Hall–Kier alpha value is -1.72. The van der Waals surface area contributed by atoms with Gasteiger partial charge in [-0.15, -0.1) is 0 Å². The lowest BCUT2D eigenvalue weighted by atomic mass is 9.56. The van der Waals surface area contributed by atoms with Crippen molar-refractivity contribution in [2.75, 3.05) is 19.8 Å². The van der Waals surface area contributed by atoms with Gasteiger partial charge in [0.2, 0.25) is 0 Å². The summed E-state index contributed by atoms with van der Waals surface area (Å²) >= 11 is 0. The molecule has 0 radical (unpaired) electrons. The third-order valence-electron chi connectivity index (χ3n) is 7.76. The van der Waals surface area contributed by atoms with E-state index in [0.29, 0.717) is 11.1 Å². The molecule has 0 atom stereocenters. The minimum absolute atomic E-state index is 0.366. The molecule has 0 aliphatic rings. The number of hydrogen-bond acceptors (Lipinski definition) is 4. The molecule has 0 heterocycles. The summed E-state index contributed by atoms with van der Waals surface area (Å²) < 4.78 is 0. The zero-order valence-electron chi connectivity index (χ0n) is 25.4. The van der Waals surface area contributed by atoms with Crippen molar-refractivity contribution in [1.82, 2.24) is 0 Å². The normalized spacial score (nSPS) is 14.3. The van der Waals surface area contributed by atoms with E-state index in [1.165, 1.54) is 0 Å². The van der Waals surface area contributed by atoms with E-state index < -0.39 is 30.8 Å². The number of aliphatic hydroxyl groups is 4. The molecule has 4 nitrogen and oxygen atoms in total. The second-order valence-corrected chi connectivity index (χ2v) is 14.9. The van der Waals surface area contributed by atoms with Gasteiger partial charge in [-0.1, -0.05) is 119 Å². The maximum Gasteiger partial charge on any atom is 0.128 e. The van der Waals surface area contributed by atoms with Gasteiger partial charge in [-0.25, -0.2) is 0 Å². The van der Waals surface area contributed by atoms with Crippen LogP contribution in [0.1, 0.15) is 116 Å². The average Bonchev–Trinajstić information content (AvgIpc) is 2.77. The molecule has 0 aliphatic carbocycles. The van der Waals surface area contributed by atoms with Crippen LogP contribution in [0.5, 0.6) is 0 Å². The molecule has 0 bridgehead atoms. The minimum Gasteiger partial charge on any atom is -0.395 e. The molecule has 4 heteroatoms. The highest BCUT2D eigenvalue weighted by molar-refractivity contribution is 5.58. The van der Waals surface area contributed by atoms with Crippen molar-refractivity contribution in [3.63, 3.8) is 0 Å². The highest BCUT2D eigenvalue weighted by Gasteiger charge is 2.57. The van der Waals surface area contributed by atoms with E-state index in [2.05, 4.69) is 83.1 Å². The molecule has 0 amide bonds. The van der Waals surface area contributed by atoms with E-state index in [-0.39, 0.29) is 21.7 Å². The van der Waals surface area contributed by atoms with Gasteiger partial charge < -0.3 is 20.4 Å². The summed E-state index contributed by atoms with van der Waals surface area (Å²) in [6.07, 6.45) is 0. The van der Waals surface area contributed by atoms with Crippen LogP contribution in [-0.2, 0) is 27.3 Å². The minimum atomic E-state index is -1.91. The van der Waals surface area contributed by atoms with Gasteiger partial charge >= 0.3 is 0 Å². The van der Waals surface area contributed by atoms with E-state index in [1.54, 1.807) is 0 Å². The van der Waals surface area contributed by atoms with Crippen molar-refractivity contribution in [3.8, 4) is 0 Å². The van der Waals surface area contributed by atoms with Crippen molar-refractivity contribution < 1.29 is 20.4 Å². The third kappa shape index (κ3) is 5.54. The Morgan fingerprint density at radius 3 is 0.838 bits per heavy atom. The van der Waals surface area contributed by atoms with Crippen LogP contribution < -0.4 is 0 Å². The number of benzene rings is 2. The summed E-state index contributed by atoms with van der Waals surface area (Å²) in [6, 6.07) is 12.2. The standard InChI is InChI=1S/C33H52O4/c1-28(2,3)22-15-13-16-23(29(4,5)6)26(22)33(37,32(19-34,20-35)21-36)27-24(30(7,8)9)17-14-18-25(27)31(10,11)12/h13-18,34-37H,19-21H2,1-12H3. The second-order valence-electron chi connectivity index (χ2n) is 14.9. The van der Waals surface area contributed by atoms with E-state index in [0.717, 1.165) is 22.3 Å². The first-order chi connectivity index (χ1) is 16.6. The lowest BCUT2D eigenvalue weighted by Crippen LogP contribution is -2.57. The third-order valence-corrected chi connectivity index (χ3v) is 7.76. The molecule has 0 saturated heterocycles. The van der Waals surface area contributed by atoms with Crippen LogP contribution in [0.4, 0.5) is 0 Å². The monoisotopic (exact) mass is 512 g/mol. The van der Waals surface area contributed by atoms with Crippen molar-refractivity contribution >= 4 is 0 Å². The quantitative estimate of drug-likeness (QED) is 0.378. The summed E-state index contributed by atoms with van der Waals surface area (Å²) in [5, 5.41) is 46.3. The zero-order valence-corrected chi connectivity index (χ0v) is 25.4. The summed E-state index contributed by atoms with van der Waals surface area (Å²) in [5.74, 6) is 0. The Labute approximate surface area is 225 Å². The first-order valence-corrected chi connectivity index (χ1v) is 13.5. The Bertz CT molecular complexity index is 933. The van der Waals surface area contributed by atoms with Crippen molar-refractivity contribution in [2.24, 2.45) is 5.41 Å². The largest absolute Gasteiger partial charge is 0.395 e. The van der Waals surface area contributed by atoms with Crippen LogP contribution in [0.15, 0.2) is 36.4 Å². The lowest BCUT2D eigenvalue weighted by molar-refractivity contribution is -0.138. The van der Waals surface area contributed by atoms with Crippen LogP contribution >= 0.6 is 0 Å². The van der Waals surface area contributed by atoms with E-state index in [9.17, 15) is 20.4 Å². The molecule has 0 saturated carbocycles. The van der Waals surface area contributed by atoms with Gasteiger partial charge in [-0.05, 0) is 55.0 Å². The Morgan fingerprint density at radius 1 is 0.459 bits per heavy atom. The highest BCUT2D eigenvalue weighted by atomic mass is 16.3. The van der Waals surface area contributed by atoms with Crippen molar-refractivity contribution in [1.29, 1.82) is 0 Å². The molecule has 0 aliphatic heterocycles. The van der Waals surface area contributed by atoms with Crippen molar-refractivity contribution in [2.45, 2.75) is 110 Å². The zero-order chi connectivity index (χ0) is 28.8. The molecule has 2 aromatic rings. The van der Waals surface area contributed by atoms with Crippen LogP contribution in [0, 0.1) is 5.41 Å². The number of hydrogen-bond donors (Lipinski definition) is 4. The van der Waals surface area contributed by atoms with Gasteiger partial charge in [0, 0.05) is 0 Å². The van der Waals surface area contributed by atoms with Gasteiger partial charge in [-0.2, -0.15) is 0 Å². The molecule has 37 heavy (non-hydrogen) atoms. The molecule has 2 aromatic carbocycles. The molecule has 0 fully saturated rings. The predicted octanol–water partition coefficient (Wildman–Crippen LogP) is 6.08. The van der Waals surface area contributed by atoms with Gasteiger partial charge in [0.05, 0.1) is 25.2 Å². The molecular weight excluding hydrogens is 460 g/mol. The van der Waals surface area contributed by atoms with Crippen LogP contribution in [0.3, 0.4) is 0 Å². The van der Waals surface area contributed by atoms with Gasteiger partial charge in [-0.3, -0.25) is 0 Å². The Kier molecular flexibility index (Phi) is 8.61. The Morgan fingerprint density at radius 2 is 0.676 bits per heavy atom. The number of aliphatic hydroxyl groups excluding tert-OH is 3. The summed E-state index contributed by atoms with van der Waals surface area (Å²) in [6.45, 7) is 23.5. The molecular formula is C33H52O4. The lowest BCUT2D eigenvalue weighted by Gasteiger charge is -2.51. The maximum atomic E-state index is 13.6. The molecule has 4 N–H and O–H groups in total. The SMILES string of the molecule is CC(C)(C)c1cccc(C(C)(C)C)c1C(O)(c1c(C(C)(C)C)cccc1C(C)(C)C)C(CO)(CO)CO.